The van der Waals surface area contributed by atoms with Crippen LogP contribution in [0.2, 0.25) is 0 Å². The number of unbranched alkanes of at least 4 members (excludes halogenated alkanes) is 6. The summed E-state index contributed by atoms with van der Waals surface area (Å²) in [6.45, 7) is 6.35. The van der Waals surface area contributed by atoms with E-state index in [0.717, 1.165) is 35.7 Å². The highest BCUT2D eigenvalue weighted by molar-refractivity contribution is 7.16. The van der Waals surface area contributed by atoms with Crippen LogP contribution in [0.4, 0.5) is 24.0 Å². The van der Waals surface area contributed by atoms with E-state index in [2.05, 4.69) is 33.9 Å². The number of nitrogens with two attached hydrogens (primary N) is 1. The molecule has 0 aromatic carbocycles. The van der Waals surface area contributed by atoms with E-state index in [0.29, 0.717) is 38.9 Å². The van der Waals surface area contributed by atoms with Gasteiger partial charge in [0.1, 0.15) is 5.82 Å². The van der Waals surface area contributed by atoms with Crippen molar-refractivity contribution < 1.29 is 13.2 Å². The predicted octanol–water partition coefficient (Wildman–Crippen LogP) is 8.31. The van der Waals surface area contributed by atoms with Gasteiger partial charge in [0.2, 0.25) is 0 Å². The van der Waals surface area contributed by atoms with E-state index >= 15 is 0 Å². The first-order chi connectivity index (χ1) is 20.7. The summed E-state index contributed by atoms with van der Waals surface area (Å²) in [4.78, 5) is 19.0. The Kier molecular flexibility index (Phi) is 9.34. The molecule has 0 saturated carbocycles. The van der Waals surface area contributed by atoms with Crippen LogP contribution in [0.15, 0.2) is 61.6 Å². The molecule has 0 spiro atoms. The van der Waals surface area contributed by atoms with Gasteiger partial charge in [-0.1, -0.05) is 52.0 Å². The number of aryl methyl sites for hydroxylation is 1. The molecule has 0 radical (unpaired) electrons. The van der Waals surface area contributed by atoms with E-state index < -0.39 is 11.7 Å². The Morgan fingerprint density at radius 2 is 1.72 bits per heavy atom. The maximum atomic E-state index is 13.1. The second-order valence-corrected chi connectivity index (χ2v) is 11.4. The molecule has 43 heavy (non-hydrogen) atoms. The first-order valence-corrected chi connectivity index (χ1v) is 15.1. The van der Waals surface area contributed by atoms with Crippen molar-refractivity contribution in [3.8, 4) is 17.2 Å². The Bertz CT molecular complexity index is 1670. The largest absolute Gasteiger partial charge is 0.417 e. The quantitative estimate of drug-likeness (QED) is 0.130. The zero-order chi connectivity index (χ0) is 30.4. The molecule has 5 aromatic rings. The summed E-state index contributed by atoms with van der Waals surface area (Å²) < 4.78 is 40.8. The minimum absolute atomic E-state index is 0.187. The highest BCUT2D eigenvalue weighted by atomic mass is 32.1. The molecular formula is C31H33F3N8S. The second-order valence-electron chi connectivity index (χ2n) is 10.3. The van der Waals surface area contributed by atoms with E-state index in [4.69, 9.17) is 15.7 Å². The Balaban J connectivity index is 1.43. The summed E-state index contributed by atoms with van der Waals surface area (Å²) in [5, 5.41) is 8.82. The SMILES string of the molecule is C=C(Nc1nc(-c2ccc(CCCCCCCCC)nc2)nc2c1cnn2-c1ccc(C(F)(F)F)cn1)c1ccc(N)s1. The molecule has 0 fully saturated rings. The molecule has 0 bridgehead atoms. The minimum Gasteiger partial charge on any atom is -0.391 e. The molecule has 0 unspecified atom stereocenters. The highest BCUT2D eigenvalue weighted by Gasteiger charge is 2.31. The number of thiophene rings is 1. The van der Waals surface area contributed by atoms with Gasteiger partial charge in [-0.15, -0.1) is 11.3 Å². The number of pyridine rings is 2. The van der Waals surface area contributed by atoms with Gasteiger partial charge in [-0.3, -0.25) is 4.98 Å². The van der Waals surface area contributed by atoms with Crippen LogP contribution in [0.1, 0.15) is 68.0 Å². The number of nitrogens with zero attached hydrogens (tertiary/aromatic N) is 6. The molecule has 224 valence electrons. The molecule has 0 aliphatic rings. The smallest absolute Gasteiger partial charge is 0.391 e. The van der Waals surface area contributed by atoms with E-state index in [1.807, 2.05) is 18.2 Å². The average Bonchev–Trinajstić information content (AvgIpc) is 3.63. The zero-order valence-corrected chi connectivity index (χ0v) is 24.7. The Hall–Kier alpha value is -4.32. The van der Waals surface area contributed by atoms with E-state index in [9.17, 15) is 13.2 Å². The number of hydrogen-bond donors (Lipinski definition) is 2. The van der Waals surface area contributed by atoms with Gasteiger partial charge in [-0.2, -0.15) is 23.0 Å². The van der Waals surface area contributed by atoms with Crippen LogP contribution in [0.25, 0.3) is 33.9 Å². The van der Waals surface area contributed by atoms with Crippen molar-refractivity contribution >= 4 is 38.9 Å². The molecule has 3 N–H and O–H groups in total. The van der Waals surface area contributed by atoms with Crippen molar-refractivity contribution in [3.05, 3.63) is 77.7 Å². The molecule has 0 aliphatic heterocycles. The monoisotopic (exact) mass is 606 g/mol. The standard InChI is InChI=1S/C31H33F3N8S/c1-3-4-5-6-7-8-9-10-23-13-11-21(17-36-23)28-40-29(39-20(2)25-14-15-26(35)43-25)24-19-38-42(30(24)41-28)27-16-12-22(18-37-27)31(32,33)34/h11-19H,2-10,35H2,1H3,(H,39,40,41). The van der Waals surface area contributed by atoms with Crippen LogP contribution in [0, 0.1) is 0 Å². The number of halogens is 3. The number of fused-ring (bicyclic) bond motifs is 1. The number of hydrogen-bond acceptors (Lipinski definition) is 8. The predicted molar refractivity (Wildman–Crippen MR) is 166 cm³/mol. The third kappa shape index (κ3) is 7.37. The van der Waals surface area contributed by atoms with Crippen LogP contribution in [0.5, 0.6) is 0 Å². The summed E-state index contributed by atoms with van der Waals surface area (Å²) in [5.41, 5.74) is 7.69. The average molecular weight is 607 g/mol. The lowest BCUT2D eigenvalue weighted by atomic mass is 10.1. The Morgan fingerprint density at radius 1 is 0.930 bits per heavy atom. The van der Waals surface area contributed by atoms with Crippen LogP contribution >= 0.6 is 11.3 Å². The number of nitrogens with one attached hydrogen (secondary N) is 1. The molecule has 0 aliphatic carbocycles. The van der Waals surface area contributed by atoms with Crippen LogP contribution in [-0.2, 0) is 12.6 Å². The Morgan fingerprint density at radius 3 is 2.37 bits per heavy atom. The maximum absolute atomic E-state index is 13.1. The van der Waals surface area contributed by atoms with Crippen LogP contribution < -0.4 is 11.1 Å². The van der Waals surface area contributed by atoms with E-state index in [1.54, 1.807) is 18.5 Å². The van der Waals surface area contributed by atoms with Gasteiger partial charge >= 0.3 is 6.18 Å². The lowest BCUT2D eigenvalue weighted by Gasteiger charge is -2.11. The van der Waals surface area contributed by atoms with Crippen molar-refractivity contribution in [3.63, 3.8) is 0 Å². The van der Waals surface area contributed by atoms with Gasteiger partial charge in [0.15, 0.2) is 17.3 Å². The van der Waals surface area contributed by atoms with Crippen LogP contribution in [-0.4, -0.2) is 29.7 Å². The van der Waals surface area contributed by atoms with E-state index in [-0.39, 0.29) is 5.82 Å². The molecule has 5 aromatic heterocycles. The van der Waals surface area contributed by atoms with Gasteiger partial charge in [-0.25, -0.2) is 15.0 Å². The molecule has 0 atom stereocenters. The molecule has 0 amide bonds. The third-order valence-corrected chi connectivity index (χ3v) is 8.01. The lowest BCUT2D eigenvalue weighted by Crippen LogP contribution is -2.08. The van der Waals surface area contributed by atoms with Gasteiger partial charge < -0.3 is 11.1 Å². The molecule has 5 rings (SSSR count). The summed E-state index contributed by atoms with van der Waals surface area (Å²) in [6.07, 6.45) is 9.10. The highest BCUT2D eigenvalue weighted by Crippen LogP contribution is 2.32. The third-order valence-electron chi connectivity index (χ3n) is 7.03. The number of aromatic nitrogens is 6. The number of rotatable bonds is 13. The first kappa shape index (κ1) is 30.1. The Labute approximate surface area is 251 Å². The molecular weight excluding hydrogens is 573 g/mol. The maximum Gasteiger partial charge on any atom is 0.417 e. The van der Waals surface area contributed by atoms with Gasteiger partial charge in [0.05, 0.1) is 27.0 Å². The number of nitrogen functional groups attached to an aromatic ring is 1. The van der Waals surface area contributed by atoms with Gasteiger partial charge in [-0.05, 0) is 49.2 Å². The fraction of sp³-hybridized carbons (Fsp3) is 0.323. The minimum atomic E-state index is -4.50. The van der Waals surface area contributed by atoms with E-state index in [1.165, 1.54) is 60.6 Å². The summed E-state index contributed by atoms with van der Waals surface area (Å²) in [7, 11) is 0. The number of anilines is 2. The first-order valence-electron chi connectivity index (χ1n) is 14.3. The van der Waals surface area contributed by atoms with Crippen molar-refractivity contribution in [2.75, 3.05) is 11.1 Å². The fourth-order valence-electron chi connectivity index (χ4n) is 4.67. The summed E-state index contributed by atoms with van der Waals surface area (Å²) in [6, 6.07) is 9.79. The number of alkyl halides is 3. The van der Waals surface area contributed by atoms with Crippen LogP contribution in [0.3, 0.4) is 0 Å². The van der Waals surface area contributed by atoms with Gasteiger partial charge in [0, 0.05) is 29.3 Å². The fourth-order valence-corrected chi connectivity index (χ4v) is 5.37. The van der Waals surface area contributed by atoms with Crippen molar-refractivity contribution in [2.45, 2.75) is 64.5 Å². The molecule has 12 heteroatoms. The topological polar surface area (TPSA) is 107 Å². The van der Waals surface area contributed by atoms with Gasteiger partial charge in [0.25, 0.3) is 0 Å². The zero-order valence-electron chi connectivity index (χ0n) is 23.9. The summed E-state index contributed by atoms with van der Waals surface area (Å²) in [5.74, 6) is 0.992. The lowest BCUT2D eigenvalue weighted by molar-refractivity contribution is -0.137. The second kappa shape index (κ2) is 13.3. The molecule has 8 nitrogen and oxygen atoms in total. The van der Waals surface area contributed by atoms with Crippen molar-refractivity contribution in [2.24, 2.45) is 0 Å². The van der Waals surface area contributed by atoms with Crippen molar-refractivity contribution in [1.82, 2.24) is 29.7 Å². The normalized spacial score (nSPS) is 11.7. The molecule has 5 heterocycles. The molecule has 0 saturated heterocycles. The summed E-state index contributed by atoms with van der Waals surface area (Å²) >= 11 is 1.38. The van der Waals surface area contributed by atoms with Crippen molar-refractivity contribution in [1.29, 1.82) is 0 Å².